The molecule has 0 aliphatic heterocycles. The summed E-state index contributed by atoms with van der Waals surface area (Å²) < 4.78 is 26.8. The summed E-state index contributed by atoms with van der Waals surface area (Å²) in [6.45, 7) is 0.284. The van der Waals surface area contributed by atoms with Crippen molar-refractivity contribution in [2.45, 2.75) is 13.0 Å². The Bertz CT molecular complexity index is 857. The van der Waals surface area contributed by atoms with E-state index in [4.69, 9.17) is 0 Å². The van der Waals surface area contributed by atoms with Gasteiger partial charge >= 0.3 is 0 Å². The number of H-pyrrole nitrogens is 1. The molecule has 22 heavy (non-hydrogen) atoms. The Morgan fingerprint density at radius 1 is 1.05 bits per heavy atom. The van der Waals surface area contributed by atoms with Crippen molar-refractivity contribution in [3.8, 4) is 0 Å². The second-order valence-electron chi connectivity index (χ2n) is 5.13. The zero-order valence-electron chi connectivity index (χ0n) is 12.0. The standard InChI is InChI=1S/C16H17N3O2S/c20-22(21,9-8-13-4-2-1-3-5-13)19-11-14-6-7-15-16(10-14)18-12-17-15/h1-7,10,12,19H,8-9,11H2,(H,17,18). The fourth-order valence-electron chi connectivity index (χ4n) is 2.26. The van der Waals surface area contributed by atoms with Gasteiger partial charge in [-0.2, -0.15) is 0 Å². The lowest BCUT2D eigenvalue weighted by atomic mass is 10.2. The smallest absolute Gasteiger partial charge is 0.212 e. The van der Waals surface area contributed by atoms with Crippen molar-refractivity contribution < 1.29 is 8.42 Å². The Morgan fingerprint density at radius 3 is 2.68 bits per heavy atom. The van der Waals surface area contributed by atoms with Gasteiger partial charge in [0.15, 0.2) is 0 Å². The first kappa shape index (κ1) is 14.7. The van der Waals surface area contributed by atoms with Crippen molar-refractivity contribution >= 4 is 21.1 Å². The molecule has 6 heteroatoms. The van der Waals surface area contributed by atoms with Crippen LogP contribution >= 0.6 is 0 Å². The monoisotopic (exact) mass is 315 g/mol. The van der Waals surface area contributed by atoms with Crippen molar-refractivity contribution in [3.63, 3.8) is 0 Å². The summed E-state index contributed by atoms with van der Waals surface area (Å²) >= 11 is 0. The fraction of sp³-hybridized carbons (Fsp3) is 0.188. The van der Waals surface area contributed by atoms with E-state index in [1.54, 1.807) is 6.33 Å². The van der Waals surface area contributed by atoms with Gasteiger partial charge in [0.25, 0.3) is 0 Å². The van der Waals surface area contributed by atoms with Crippen LogP contribution in [0.15, 0.2) is 54.9 Å². The predicted octanol–water partition coefficient (Wildman–Crippen LogP) is 2.23. The molecule has 2 N–H and O–H groups in total. The topological polar surface area (TPSA) is 74.8 Å². The molecule has 2 aromatic carbocycles. The first-order chi connectivity index (χ1) is 10.6. The van der Waals surface area contributed by atoms with E-state index in [0.717, 1.165) is 22.2 Å². The van der Waals surface area contributed by atoms with Crippen molar-refractivity contribution in [3.05, 3.63) is 66.0 Å². The molecule has 0 aliphatic rings. The molecule has 1 aromatic heterocycles. The number of nitrogens with zero attached hydrogens (tertiary/aromatic N) is 1. The van der Waals surface area contributed by atoms with E-state index in [1.165, 1.54) is 0 Å². The zero-order chi connectivity index (χ0) is 15.4. The Labute approximate surface area is 129 Å². The maximum atomic E-state index is 12.1. The van der Waals surface area contributed by atoms with Crippen molar-refractivity contribution in [2.24, 2.45) is 0 Å². The average molecular weight is 315 g/mol. The van der Waals surface area contributed by atoms with E-state index < -0.39 is 10.0 Å². The molecule has 0 saturated carbocycles. The molecule has 0 unspecified atom stereocenters. The highest BCUT2D eigenvalue weighted by atomic mass is 32.2. The zero-order valence-corrected chi connectivity index (χ0v) is 12.8. The molecule has 0 atom stereocenters. The molecule has 0 aliphatic carbocycles. The normalized spacial score (nSPS) is 11.8. The molecule has 0 amide bonds. The molecule has 0 fully saturated rings. The minimum absolute atomic E-state index is 0.0866. The number of nitrogens with one attached hydrogen (secondary N) is 2. The summed E-state index contributed by atoms with van der Waals surface area (Å²) in [5.41, 5.74) is 3.70. The van der Waals surface area contributed by atoms with Gasteiger partial charge in [-0.1, -0.05) is 36.4 Å². The molecule has 0 radical (unpaired) electrons. The van der Waals surface area contributed by atoms with E-state index in [9.17, 15) is 8.42 Å². The molecular weight excluding hydrogens is 298 g/mol. The van der Waals surface area contributed by atoms with Crippen LogP contribution < -0.4 is 4.72 Å². The number of imidazole rings is 1. The molecular formula is C16H17N3O2S. The third kappa shape index (κ3) is 3.72. The van der Waals surface area contributed by atoms with E-state index in [-0.39, 0.29) is 12.3 Å². The Hall–Kier alpha value is -2.18. The van der Waals surface area contributed by atoms with Crippen LogP contribution in [0.5, 0.6) is 0 Å². The lowest BCUT2D eigenvalue weighted by Crippen LogP contribution is -2.26. The highest BCUT2D eigenvalue weighted by Crippen LogP contribution is 2.11. The van der Waals surface area contributed by atoms with Gasteiger partial charge in [-0.25, -0.2) is 18.1 Å². The number of hydrogen-bond acceptors (Lipinski definition) is 3. The first-order valence-corrected chi connectivity index (χ1v) is 8.71. The fourth-order valence-corrected chi connectivity index (χ4v) is 3.29. The molecule has 3 rings (SSSR count). The minimum atomic E-state index is -3.29. The summed E-state index contributed by atoms with van der Waals surface area (Å²) in [6, 6.07) is 15.3. The minimum Gasteiger partial charge on any atom is -0.345 e. The number of aromatic nitrogens is 2. The highest BCUT2D eigenvalue weighted by molar-refractivity contribution is 7.89. The van der Waals surface area contributed by atoms with Crippen LogP contribution in [0.3, 0.4) is 0 Å². The van der Waals surface area contributed by atoms with Crippen LogP contribution in [0, 0.1) is 0 Å². The summed E-state index contributed by atoms with van der Waals surface area (Å²) in [4.78, 5) is 7.15. The summed E-state index contributed by atoms with van der Waals surface area (Å²) in [7, 11) is -3.29. The van der Waals surface area contributed by atoms with Gasteiger partial charge in [-0.15, -0.1) is 0 Å². The van der Waals surface area contributed by atoms with Crippen LogP contribution in [-0.2, 0) is 23.0 Å². The van der Waals surface area contributed by atoms with Gasteiger partial charge < -0.3 is 4.98 Å². The molecule has 1 heterocycles. The van der Waals surface area contributed by atoms with E-state index >= 15 is 0 Å². The summed E-state index contributed by atoms with van der Waals surface area (Å²) in [6.07, 6.45) is 2.13. The molecule has 5 nitrogen and oxygen atoms in total. The van der Waals surface area contributed by atoms with Gasteiger partial charge in [-0.05, 0) is 29.7 Å². The van der Waals surface area contributed by atoms with Crippen LogP contribution in [0.25, 0.3) is 11.0 Å². The Balaban J connectivity index is 1.59. The largest absolute Gasteiger partial charge is 0.345 e. The lowest BCUT2D eigenvalue weighted by Gasteiger charge is -2.07. The maximum absolute atomic E-state index is 12.1. The summed E-state index contributed by atoms with van der Waals surface area (Å²) in [5.74, 6) is 0.0866. The summed E-state index contributed by atoms with van der Waals surface area (Å²) in [5, 5.41) is 0. The van der Waals surface area contributed by atoms with Gasteiger partial charge in [0.05, 0.1) is 23.1 Å². The second-order valence-corrected chi connectivity index (χ2v) is 7.06. The molecule has 3 aromatic rings. The van der Waals surface area contributed by atoms with Crippen molar-refractivity contribution in [2.75, 3.05) is 5.75 Å². The van der Waals surface area contributed by atoms with Gasteiger partial charge in [-0.3, -0.25) is 0 Å². The average Bonchev–Trinajstić information content (AvgIpc) is 3.00. The lowest BCUT2D eigenvalue weighted by molar-refractivity contribution is 0.580. The van der Waals surface area contributed by atoms with Crippen LogP contribution in [0.2, 0.25) is 0 Å². The molecule has 0 spiro atoms. The molecule has 0 bridgehead atoms. The number of sulfonamides is 1. The number of fused-ring (bicyclic) bond motifs is 1. The number of hydrogen-bond donors (Lipinski definition) is 2. The van der Waals surface area contributed by atoms with Crippen molar-refractivity contribution in [1.29, 1.82) is 0 Å². The third-order valence-electron chi connectivity index (χ3n) is 3.48. The van der Waals surface area contributed by atoms with E-state index in [1.807, 2.05) is 48.5 Å². The van der Waals surface area contributed by atoms with E-state index in [2.05, 4.69) is 14.7 Å². The number of aryl methyl sites for hydroxylation is 1. The van der Waals surface area contributed by atoms with Crippen LogP contribution in [0.4, 0.5) is 0 Å². The van der Waals surface area contributed by atoms with Gasteiger partial charge in [0.2, 0.25) is 10.0 Å². The Kier molecular flexibility index (Phi) is 4.22. The number of aromatic amines is 1. The van der Waals surface area contributed by atoms with Crippen molar-refractivity contribution in [1.82, 2.24) is 14.7 Å². The number of benzene rings is 2. The first-order valence-electron chi connectivity index (χ1n) is 7.06. The maximum Gasteiger partial charge on any atom is 0.212 e. The predicted molar refractivity (Wildman–Crippen MR) is 86.9 cm³/mol. The van der Waals surface area contributed by atoms with Gasteiger partial charge in [0.1, 0.15) is 0 Å². The van der Waals surface area contributed by atoms with Gasteiger partial charge in [0, 0.05) is 6.54 Å². The quantitative estimate of drug-likeness (QED) is 0.732. The number of rotatable bonds is 6. The Morgan fingerprint density at radius 2 is 1.86 bits per heavy atom. The van der Waals surface area contributed by atoms with Crippen LogP contribution in [-0.4, -0.2) is 24.1 Å². The molecule has 0 saturated heterocycles. The third-order valence-corrected chi connectivity index (χ3v) is 4.81. The second kappa shape index (κ2) is 6.29. The SMILES string of the molecule is O=S(=O)(CCc1ccccc1)NCc1ccc2nc[nH]c2c1. The van der Waals surface area contributed by atoms with E-state index in [0.29, 0.717) is 6.42 Å². The highest BCUT2D eigenvalue weighted by Gasteiger charge is 2.10. The van der Waals surface area contributed by atoms with Crippen LogP contribution in [0.1, 0.15) is 11.1 Å². The molecule has 114 valence electrons.